The Morgan fingerprint density at radius 2 is 1.94 bits per heavy atom. The largest absolute Gasteiger partial charge is 0.314 e. The Bertz CT molecular complexity index is 304. The molecule has 0 amide bonds. The Morgan fingerprint density at radius 3 is 2.44 bits per heavy atom. The van der Waals surface area contributed by atoms with Crippen molar-refractivity contribution in [3.63, 3.8) is 0 Å². The van der Waals surface area contributed by atoms with Gasteiger partial charge in [0.05, 0.1) is 0 Å². The van der Waals surface area contributed by atoms with Crippen molar-refractivity contribution in [1.82, 2.24) is 10.2 Å². The van der Waals surface area contributed by atoms with Crippen LogP contribution in [-0.2, 0) is 6.42 Å². The number of rotatable bonds is 5. The highest BCUT2D eigenvalue weighted by Crippen LogP contribution is 2.11. The van der Waals surface area contributed by atoms with Crippen molar-refractivity contribution >= 4 is 0 Å². The van der Waals surface area contributed by atoms with Crippen LogP contribution < -0.4 is 5.32 Å². The van der Waals surface area contributed by atoms with Crippen molar-refractivity contribution < 1.29 is 0 Å². The molecule has 0 saturated carbocycles. The average Bonchev–Trinajstić information content (AvgIpc) is 2.22. The second-order valence-corrected chi connectivity index (χ2v) is 4.88. The summed E-state index contributed by atoms with van der Waals surface area (Å²) in [6.07, 6.45) is 1.16. The standard InChI is InChI=1S/C14H22N2/c1-12(2)16(14-10-15-11-14)9-8-13-6-4-3-5-7-13/h3-7,12,14-15H,8-11H2,1-2H3. The van der Waals surface area contributed by atoms with Crippen LogP contribution in [0.4, 0.5) is 0 Å². The fourth-order valence-corrected chi connectivity index (χ4v) is 2.27. The summed E-state index contributed by atoms with van der Waals surface area (Å²) >= 11 is 0. The van der Waals surface area contributed by atoms with E-state index in [1.54, 1.807) is 0 Å². The molecule has 0 aliphatic carbocycles. The minimum absolute atomic E-state index is 0.649. The molecule has 0 aromatic heterocycles. The molecule has 2 nitrogen and oxygen atoms in total. The molecule has 2 rings (SSSR count). The molecule has 0 bridgehead atoms. The van der Waals surface area contributed by atoms with E-state index in [1.807, 2.05) is 0 Å². The molecule has 0 spiro atoms. The van der Waals surface area contributed by atoms with Gasteiger partial charge in [0, 0.05) is 31.7 Å². The van der Waals surface area contributed by atoms with Crippen LogP contribution in [0.2, 0.25) is 0 Å². The topological polar surface area (TPSA) is 15.3 Å². The molecule has 0 unspecified atom stereocenters. The first-order valence-electron chi connectivity index (χ1n) is 6.28. The van der Waals surface area contributed by atoms with Gasteiger partial charge in [-0.2, -0.15) is 0 Å². The molecule has 1 saturated heterocycles. The molecule has 1 aliphatic rings. The van der Waals surface area contributed by atoms with Gasteiger partial charge in [0.1, 0.15) is 0 Å². The molecular formula is C14H22N2. The van der Waals surface area contributed by atoms with E-state index in [4.69, 9.17) is 0 Å². The second-order valence-electron chi connectivity index (χ2n) is 4.88. The van der Waals surface area contributed by atoms with Gasteiger partial charge >= 0.3 is 0 Å². The number of hydrogen-bond donors (Lipinski definition) is 1. The summed E-state index contributed by atoms with van der Waals surface area (Å²) in [6, 6.07) is 12.2. The van der Waals surface area contributed by atoms with Gasteiger partial charge in [0.25, 0.3) is 0 Å². The van der Waals surface area contributed by atoms with Gasteiger partial charge in [-0.15, -0.1) is 0 Å². The van der Waals surface area contributed by atoms with Crippen molar-refractivity contribution in [2.24, 2.45) is 0 Å². The first-order valence-corrected chi connectivity index (χ1v) is 6.28. The maximum Gasteiger partial charge on any atom is 0.0348 e. The fourth-order valence-electron chi connectivity index (χ4n) is 2.27. The average molecular weight is 218 g/mol. The Hall–Kier alpha value is -0.860. The predicted molar refractivity (Wildman–Crippen MR) is 68.6 cm³/mol. The Morgan fingerprint density at radius 1 is 1.25 bits per heavy atom. The molecule has 1 fully saturated rings. The molecule has 2 heteroatoms. The van der Waals surface area contributed by atoms with Gasteiger partial charge in [-0.1, -0.05) is 30.3 Å². The van der Waals surface area contributed by atoms with Gasteiger partial charge in [-0.3, -0.25) is 4.90 Å². The van der Waals surface area contributed by atoms with Crippen LogP contribution in [0, 0.1) is 0 Å². The molecule has 88 valence electrons. The van der Waals surface area contributed by atoms with Crippen LogP contribution in [0.1, 0.15) is 19.4 Å². The van der Waals surface area contributed by atoms with E-state index < -0.39 is 0 Å². The van der Waals surface area contributed by atoms with E-state index in [-0.39, 0.29) is 0 Å². The summed E-state index contributed by atoms with van der Waals surface area (Å²) in [5.41, 5.74) is 1.44. The van der Waals surface area contributed by atoms with Crippen LogP contribution in [0.3, 0.4) is 0 Å². The summed E-state index contributed by atoms with van der Waals surface area (Å²) < 4.78 is 0. The van der Waals surface area contributed by atoms with Crippen molar-refractivity contribution in [2.75, 3.05) is 19.6 Å². The molecule has 0 atom stereocenters. The molecular weight excluding hydrogens is 196 g/mol. The third-order valence-corrected chi connectivity index (χ3v) is 3.39. The van der Waals surface area contributed by atoms with E-state index >= 15 is 0 Å². The first-order chi connectivity index (χ1) is 7.77. The van der Waals surface area contributed by atoms with Crippen molar-refractivity contribution in [2.45, 2.75) is 32.4 Å². The van der Waals surface area contributed by atoms with Crippen molar-refractivity contribution in [3.05, 3.63) is 35.9 Å². The maximum atomic E-state index is 3.35. The van der Waals surface area contributed by atoms with Crippen LogP contribution in [0.25, 0.3) is 0 Å². The van der Waals surface area contributed by atoms with Crippen LogP contribution >= 0.6 is 0 Å². The number of nitrogens with one attached hydrogen (secondary N) is 1. The molecule has 1 aromatic carbocycles. The lowest BCUT2D eigenvalue weighted by atomic mass is 10.1. The summed E-state index contributed by atoms with van der Waals surface area (Å²) in [7, 11) is 0. The van der Waals surface area contributed by atoms with Gasteiger partial charge in [-0.25, -0.2) is 0 Å². The summed E-state index contributed by atoms with van der Waals surface area (Å²) in [5.74, 6) is 0. The van der Waals surface area contributed by atoms with Gasteiger partial charge in [-0.05, 0) is 25.8 Å². The predicted octanol–water partition coefficient (Wildman–Crippen LogP) is 1.91. The molecule has 1 heterocycles. The highest BCUT2D eigenvalue weighted by atomic mass is 15.2. The zero-order valence-corrected chi connectivity index (χ0v) is 10.3. The number of benzene rings is 1. The quantitative estimate of drug-likeness (QED) is 0.812. The van der Waals surface area contributed by atoms with E-state index in [1.165, 1.54) is 12.1 Å². The van der Waals surface area contributed by atoms with E-state index in [0.717, 1.165) is 25.6 Å². The smallest absolute Gasteiger partial charge is 0.0348 e. The fraction of sp³-hybridized carbons (Fsp3) is 0.571. The second kappa shape index (κ2) is 5.46. The maximum absolute atomic E-state index is 3.35. The van der Waals surface area contributed by atoms with Gasteiger partial charge in [0.15, 0.2) is 0 Å². The summed E-state index contributed by atoms with van der Waals surface area (Å²) in [4.78, 5) is 2.61. The molecule has 1 N–H and O–H groups in total. The van der Waals surface area contributed by atoms with Crippen molar-refractivity contribution in [3.8, 4) is 0 Å². The minimum atomic E-state index is 0.649. The highest BCUT2D eigenvalue weighted by Gasteiger charge is 2.25. The van der Waals surface area contributed by atoms with Gasteiger partial charge < -0.3 is 5.32 Å². The van der Waals surface area contributed by atoms with E-state index in [2.05, 4.69) is 54.4 Å². The lowest BCUT2D eigenvalue weighted by Gasteiger charge is -2.40. The van der Waals surface area contributed by atoms with Gasteiger partial charge in [0.2, 0.25) is 0 Å². The Balaban J connectivity index is 1.86. The lowest BCUT2D eigenvalue weighted by Crippen LogP contribution is -2.59. The van der Waals surface area contributed by atoms with E-state index in [9.17, 15) is 0 Å². The van der Waals surface area contributed by atoms with Crippen LogP contribution in [-0.4, -0.2) is 36.6 Å². The molecule has 0 radical (unpaired) electrons. The summed E-state index contributed by atoms with van der Waals surface area (Å²) in [6.45, 7) is 8.08. The Labute approximate surface area is 98.7 Å². The SMILES string of the molecule is CC(C)N(CCc1ccccc1)C1CNC1. The number of hydrogen-bond acceptors (Lipinski definition) is 2. The number of nitrogens with zero attached hydrogens (tertiary/aromatic N) is 1. The first kappa shape index (κ1) is 11.6. The molecule has 16 heavy (non-hydrogen) atoms. The minimum Gasteiger partial charge on any atom is -0.314 e. The monoisotopic (exact) mass is 218 g/mol. The molecule has 1 aliphatic heterocycles. The zero-order chi connectivity index (χ0) is 11.4. The normalized spacial score (nSPS) is 16.8. The molecule has 1 aromatic rings. The lowest BCUT2D eigenvalue weighted by molar-refractivity contribution is 0.112. The highest BCUT2D eigenvalue weighted by molar-refractivity contribution is 5.15. The third-order valence-electron chi connectivity index (χ3n) is 3.39. The zero-order valence-electron chi connectivity index (χ0n) is 10.3. The summed E-state index contributed by atoms with van der Waals surface area (Å²) in [5, 5.41) is 3.35. The van der Waals surface area contributed by atoms with Crippen LogP contribution in [0.5, 0.6) is 0 Å². The Kier molecular flexibility index (Phi) is 3.97. The van der Waals surface area contributed by atoms with E-state index in [0.29, 0.717) is 6.04 Å². The van der Waals surface area contributed by atoms with Crippen LogP contribution in [0.15, 0.2) is 30.3 Å². The third kappa shape index (κ3) is 2.83. The van der Waals surface area contributed by atoms with Crippen molar-refractivity contribution in [1.29, 1.82) is 0 Å².